The van der Waals surface area contributed by atoms with Crippen LogP contribution in [0.5, 0.6) is 0 Å². The third-order valence-electron chi connectivity index (χ3n) is 11.0. The number of hydrogen-bond acceptors (Lipinski definition) is 0. The van der Waals surface area contributed by atoms with Crippen LogP contribution in [0, 0.1) is 0 Å². The van der Waals surface area contributed by atoms with Crippen LogP contribution < -0.4 is 0 Å². The second kappa shape index (κ2) is 11.0. The molecule has 0 nitrogen and oxygen atoms in total. The molecular formula is C49H34. The number of hydrogen-bond donors (Lipinski definition) is 0. The molecule has 0 spiro atoms. The molecule has 2 aliphatic carbocycles. The van der Waals surface area contributed by atoms with Crippen molar-refractivity contribution in [2.45, 2.75) is 18.3 Å². The van der Waals surface area contributed by atoms with E-state index in [0.717, 1.165) is 12.8 Å². The maximum atomic E-state index is 2.55. The number of allylic oxidation sites excluding steroid dienone is 1. The van der Waals surface area contributed by atoms with Gasteiger partial charge >= 0.3 is 0 Å². The van der Waals surface area contributed by atoms with E-state index in [4.69, 9.17) is 0 Å². The van der Waals surface area contributed by atoms with E-state index in [1.165, 1.54) is 88.3 Å². The van der Waals surface area contributed by atoms with Crippen LogP contribution >= 0.6 is 0 Å². The summed E-state index contributed by atoms with van der Waals surface area (Å²) < 4.78 is 0. The van der Waals surface area contributed by atoms with Crippen molar-refractivity contribution in [3.63, 3.8) is 0 Å². The molecule has 0 aromatic heterocycles. The Balaban J connectivity index is 1.32. The Bertz CT molecular complexity index is 2550. The second-order valence-electron chi connectivity index (χ2n) is 13.5. The summed E-state index contributed by atoms with van der Waals surface area (Å²) in [7, 11) is 0. The molecule has 10 rings (SSSR count). The zero-order valence-corrected chi connectivity index (χ0v) is 27.2. The third-order valence-corrected chi connectivity index (χ3v) is 11.0. The van der Waals surface area contributed by atoms with Crippen LogP contribution in [0.25, 0.3) is 61.0 Å². The van der Waals surface area contributed by atoms with Gasteiger partial charge in [-0.25, -0.2) is 0 Å². The lowest BCUT2D eigenvalue weighted by atomic mass is 9.66. The van der Waals surface area contributed by atoms with E-state index in [2.05, 4.69) is 182 Å². The Morgan fingerprint density at radius 2 is 0.959 bits per heavy atom. The first kappa shape index (κ1) is 28.1. The minimum absolute atomic E-state index is 0.484. The van der Waals surface area contributed by atoms with Gasteiger partial charge in [-0.15, -0.1) is 0 Å². The Morgan fingerprint density at radius 3 is 1.63 bits per heavy atom. The maximum Gasteiger partial charge on any atom is 0.0714 e. The molecule has 2 aliphatic rings. The zero-order chi connectivity index (χ0) is 32.4. The monoisotopic (exact) mass is 622 g/mol. The van der Waals surface area contributed by atoms with Crippen molar-refractivity contribution in [1.29, 1.82) is 0 Å². The summed E-state index contributed by atoms with van der Waals surface area (Å²) in [6.07, 6.45) is 6.83. The summed E-state index contributed by atoms with van der Waals surface area (Å²) in [5.74, 6) is 0. The standard InChI is InChI=1S/C49H34/c1-3-17-40(18-4-1)49(41-19-5-2-6-20-41)46-31-38(37-25-23-33-13-7-9-15-35(33)29-37)27-28-44(46)48-43-22-12-11-21-42(43)45(32-47(48)49)39-26-24-34-14-8-10-16-36(34)30-39/h1-11,13-21,23-32H,12,22H2. The molecule has 0 fully saturated rings. The first-order valence-electron chi connectivity index (χ1n) is 17.4. The molecule has 0 N–H and O–H groups in total. The highest BCUT2D eigenvalue weighted by molar-refractivity contribution is 5.97. The van der Waals surface area contributed by atoms with Gasteiger partial charge in [0.15, 0.2) is 0 Å². The van der Waals surface area contributed by atoms with Gasteiger partial charge < -0.3 is 0 Å². The van der Waals surface area contributed by atoms with Crippen LogP contribution in [-0.4, -0.2) is 0 Å². The van der Waals surface area contributed by atoms with Gasteiger partial charge in [-0.3, -0.25) is 0 Å². The van der Waals surface area contributed by atoms with Crippen LogP contribution in [0.3, 0.4) is 0 Å². The zero-order valence-electron chi connectivity index (χ0n) is 27.2. The molecule has 0 heteroatoms. The first-order valence-corrected chi connectivity index (χ1v) is 17.4. The fraction of sp³-hybridized carbons (Fsp3) is 0.0612. The third kappa shape index (κ3) is 4.24. The Morgan fingerprint density at radius 1 is 0.408 bits per heavy atom. The van der Waals surface area contributed by atoms with E-state index in [0.29, 0.717) is 0 Å². The molecule has 0 atom stereocenters. The summed E-state index contributed by atoms with van der Waals surface area (Å²) in [5.41, 5.74) is 15.5. The molecular weight excluding hydrogens is 589 g/mol. The number of benzene rings is 8. The average molecular weight is 623 g/mol. The molecule has 0 saturated heterocycles. The topological polar surface area (TPSA) is 0 Å². The van der Waals surface area contributed by atoms with E-state index in [1.54, 1.807) is 0 Å². The van der Waals surface area contributed by atoms with E-state index < -0.39 is 5.41 Å². The molecule has 8 aromatic carbocycles. The van der Waals surface area contributed by atoms with Gasteiger partial charge in [0.1, 0.15) is 0 Å². The van der Waals surface area contributed by atoms with E-state index in [-0.39, 0.29) is 0 Å². The summed E-state index contributed by atoms with van der Waals surface area (Å²) in [5, 5.41) is 5.08. The highest BCUT2D eigenvalue weighted by atomic mass is 14.5. The number of rotatable bonds is 4. The molecule has 0 unspecified atom stereocenters. The second-order valence-corrected chi connectivity index (χ2v) is 13.5. The summed E-state index contributed by atoms with van der Waals surface area (Å²) >= 11 is 0. The quantitative estimate of drug-likeness (QED) is 0.183. The molecule has 0 heterocycles. The molecule has 0 aliphatic heterocycles. The predicted octanol–water partition coefficient (Wildman–Crippen LogP) is 12.6. The normalized spacial score (nSPS) is 14.0. The van der Waals surface area contributed by atoms with Gasteiger partial charge in [-0.1, -0.05) is 158 Å². The lowest BCUT2D eigenvalue weighted by molar-refractivity contribution is 0.767. The molecule has 8 aromatic rings. The smallest absolute Gasteiger partial charge is 0.0714 e. The van der Waals surface area contributed by atoms with Crippen molar-refractivity contribution in [2.24, 2.45) is 0 Å². The molecule has 0 bridgehead atoms. The lowest BCUT2D eigenvalue weighted by Crippen LogP contribution is -2.29. The highest BCUT2D eigenvalue weighted by Crippen LogP contribution is 2.59. The minimum Gasteiger partial charge on any atom is -0.0836 e. The molecule has 0 amide bonds. The van der Waals surface area contributed by atoms with Crippen LogP contribution in [0.4, 0.5) is 0 Å². The van der Waals surface area contributed by atoms with Crippen molar-refractivity contribution < 1.29 is 0 Å². The van der Waals surface area contributed by atoms with Gasteiger partial charge in [0.2, 0.25) is 0 Å². The summed E-state index contributed by atoms with van der Waals surface area (Å²) in [6, 6.07) is 63.5. The molecule has 230 valence electrons. The lowest BCUT2D eigenvalue weighted by Gasteiger charge is -2.35. The molecule has 0 saturated carbocycles. The van der Waals surface area contributed by atoms with Crippen LogP contribution in [0.2, 0.25) is 0 Å². The number of fused-ring (bicyclic) bond motifs is 7. The largest absolute Gasteiger partial charge is 0.0836 e. The van der Waals surface area contributed by atoms with E-state index in [1.807, 2.05) is 0 Å². The van der Waals surface area contributed by atoms with E-state index in [9.17, 15) is 0 Å². The Kier molecular flexibility index (Phi) is 6.33. The van der Waals surface area contributed by atoms with Crippen molar-refractivity contribution in [3.8, 4) is 33.4 Å². The van der Waals surface area contributed by atoms with E-state index >= 15 is 0 Å². The van der Waals surface area contributed by atoms with Gasteiger partial charge in [-0.05, 0) is 125 Å². The van der Waals surface area contributed by atoms with Gasteiger partial charge in [0.25, 0.3) is 0 Å². The van der Waals surface area contributed by atoms with Gasteiger partial charge in [0, 0.05) is 0 Å². The highest BCUT2D eigenvalue weighted by Gasteiger charge is 2.48. The molecule has 0 radical (unpaired) electrons. The first-order chi connectivity index (χ1) is 24.3. The maximum absolute atomic E-state index is 2.55. The SMILES string of the molecule is C1=Cc2c(-c3ccc4ccccc4c3)cc3c(c2CC1)-c1ccc(-c2ccc4ccccc4c2)cc1C3(c1ccccc1)c1ccccc1. The Hall–Kier alpha value is -5.98. The average Bonchev–Trinajstić information content (AvgIpc) is 3.48. The van der Waals surface area contributed by atoms with Crippen LogP contribution in [0.15, 0.2) is 176 Å². The minimum atomic E-state index is -0.484. The van der Waals surface area contributed by atoms with Crippen molar-refractivity contribution in [3.05, 3.63) is 209 Å². The summed E-state index contributed by atoms with van der Waals surface area (Å²) in [6.45, 7) is 0. The Labute approximate surface area is 287 Å². The van der Waals surface area contributed by atoms with Gasteiger partial charge in [-0.2, -0.15) is 0 Å². The van der Waals surface area contributed by atoms with Gasteiger partial charge in [0.05, 0.1) is 5.41 Å². The molecule has 49 heavy (non-hydrogen) atoms. The van der Waals surface area contributed by atoms with Crippen molar-refractivity contribution in [2.75, 3.05) is 0 Å². The fourth-order valence-corrected chi connectivity index (χ4v) is 8.76. The van der Waals surface area contributed by atoms with Crippen molar-refractivity contribution >= 4 is 27.6 Å². The van der Waals surface area contributed by atoms with Crippen LogP contribution in [0.1, 0.15) is 39.8 Å². The van der Waals surface area contributed by atoms with Crippen LogP contribution in [-0.2, 0) is 11.8 Å². The predicted molar refractivity (Wildman–Crippen MR) is 207 cm³/mol. The fourth-order valence-electron chi connectivity index (χ4n) is 8.76. The summed E-state index contributed by atoms with van der Waals surface area (Å²) in [4.78, 5) is 0. The van der Waals surface area contributed by atoms with Crippen molar-refractivity contribution in [1.82, 2.24) is 0 Å².